The first-order chi connectivity index (χ1) is 16.1. The number of aryl methyl sites for hydroxylation is 1. The molecule has 0 saturated carbocycles. The average molecular weight is 435 g/mol. The molecule has 6 heteroatoms. The van der Waals surface area contributed by atoms with Crippen LogP contribution in [0.1, 0.15) is 19.4 Å². The van der Waals surface area contributed by atoms with Gasteiger partial charge in [-0.1, -0.05) is 92.2 Å². The number of benzene rings is 3. The summed E-state index contributed by atoms with van der Waals surface area (Å²) in [6.07, 6.45) is 0. The van der Waals surface area contributed by atoms with Gasteiger partial charge in [-0.05, 0) is 25.1 Å². The molecular formula is C27H26N6. The molecule has 0 aliphatic heterocycles. The molecule has 3 aromatic carbocycles. The largest absolute Gasteiger partial charge is 0.277 e. The second-order valence-electron chi connectivity index (χ2n) is 7.97. The summed E-state index contributed by atoms with van der Waals surface area (Å²) < 4.78 is 0. The standard InChI is InChI=1S/C27H26N6/c1-19(2)26(31-30-23-16-14-20(3)15-17-23)32-33-27-28-24(21-10-6-4-7-11-21)18-25(29-27)22-12-8-5-9-13-22/h4-19,30H,1-3H3/b31-26+,33-32?. The molecule has 1 heterocycles. The number of rotatable bonds is 6. The molecule has 0 aliphatic carbocycles. The van der Waals surface area contributed by atoms with E-state index in [0.717, 1.165) is 28.2 Å². The number of hydrazone groups is 1. The average Bonchev–Trinajstić information content (AvgIpc) is 2.86. The van der Waals surface area contributed by atoms with Crippen LogP contribution in [-0.4, -0.2) is 15.8 Å². The van der Waals surface area contributed by atoms with E-state index in [4.69, 9.17) is 0 Å². The lowest BCUT2D eigenvalue weighted by Gasteiger charge is -2.07. The molecule has 1 N–H and O–H groups in total. The van der Waals surface area contributed by atoms with Gasteiger partial charge in [0.25, 0.3) is 5.95 Å². The minimum absolute atomic E-state index is 0.0672. The lowest BCUT2D eigenvalue weighted by atomic mass is 10.1. The van der Waals surface area contributed by atoms with E-state index in [9.17, 15) is 0 Å². The Kier molecular flexibility index (Phi) is 6.95. The number of nitrogens with zero attached hydrogens (tertiary/aromatic N) is 5. The monoisotopic (exact) mass is 434 g/mol. The van der Waals surface area contributed by atoms with E-state index in [-0.39, 0.29) is 5.92 Å². The lowest BCUT2D eigenvalue weighted by Crippen LogP contribution is -2.06. The molecule has 0 spiro atoms. The van der Waals surface area contributed by atoms with Gasteiger partial charge in [-0.2, -0.15) is 5.10 Å². The highest BCUT2D eigenvalue weighted by molar-refractivity contribution is 5.85. The van der Waals surface area contributed by atoms with Crippen molar-refractivity contribution < 1.29 is 0 Å². The Morgan fingerprint density at radius 2 is 1.30 bits per heavy atom. The van der Waals surface area contributed by atoms with Gasteiger partial charge >= 0.3 is 0 Å². The van der Waals surface area contributed by atoms with Gasteiger partial charge in [0.2, 0.25) is 0 Å². The first-order valence-corrected chi connectivity index (χ1v) is 10.9. The molecule has 0 fully saturated rings. The van der Waals surface area contributed by atoms with Gasteiger partial charge in [-0.15, -0.1) is 10.2 Å². The van der Waals surface area contributed by atoms with Crippen molar-refractivity contribution in [2.75, 3.05) is 5.43 Å². The predicted molar refractivity (Wildman–Crippen MR) is 134 cm³/mol. The van der Waals surface area contributed by atoms with E-state index in [1.807, 2.05) is 112 Å². The molecule has 33 heavy (non-hydrogen) atoms. The highest BCUT2D eigenvalue weighted by Crippen LogP contribution is 2.26. The second kappa shape index (κ2) is 10.4. The number of hydrogen-bond acceptors (Lipinski definition) is 5. The van der Waals surface area contributed by atoms with Crippen molar-refractivity contribution in [3.8, 4) is 22.5 Å². The van der Waals surface area contributed by atoms with E-state index in [2.05, 4.69) is 30.7 Å². The summed E-state index contributed by atoms with van der Waals surface area (Å²) in [7, 11) is 0. The molecule has 0 atom stereocenters. The number of nitrogens with one attached hydrogen (secondary N) is 1. The Labute approximate surface area is 194 Å². The molecule has 6 nitrogen and oxygen atoms in total. The molecule has 0 bridgehead atoms. The summed E-state index contributed by atoms with van der Waals surface area (Å²) in [5.74, 6) is 0.919. The summed E-state index contributed by atoms with van der Waals surface area (Å²) in [6.45, 7) is 6.09. The zero-order valence-electron chi connectivity index (χ0n) is 19.0. The van der Waals surface area contributed by atoms with Crippen molar-refractivity contribution in [3.63, 3.8) is 0 Å². The van der Waals surface area contributed by atoms with Crippen LogP contribution >= 0.6 is 0 Å². The first kappa shape index (κ1) is 22.0. The molecule has 0 radical (unpaired) electrons. The van der Waals surface area contributed by atoms with Crippen molar-refractivity contribution >= 4 is 17.5 Å². The van der Waals surface area contributed by atoms with Gasteiger partial charge < -0.3 is 0 Å². The molecule has 164 valence electrons. The van der Waals surface area contributed by atoms with Gasteiger partial charge in [-0.25, -0.2) is 9.97 Å². The van der Waals surface area contributed by atoms with Crippen molar-refractivity contribution in [3.05, 3.63) is 96.6 Å². The maximum atomic E-state index is 4.64. The van der Waals surface area contributed by atoms with Crippen LogP contribution in [0, 0.1) is 12.8 Å². The van der Waals surface area contributed by atoms with Gasteiger partial charge in [0.1, 0.15) is 0 Å². The zero-order valence-corrected chi connectivity index (χ0v) is 19.0. The summed E-state index contributed by atoms with van der Waals surface area (Å²) >= 11 is 0. The van der Waals surface area contributed by atoms with Crippen LogP contribution in [0.2, 0.25) is 0 Å². The van der Waals surface area contributed by atoms with Crippen LogP contribution < -0.4 is 5.43 Å². The quantitative estimate of drug-likeness (QED) is 0.150. The fourth-order valence-electron chi connectivity index (χ4n) is 3.11. The van der Waals surface area contributed by atoms with E-state index < -0.39 is 0 Å². The number of azo groups is 1. The molecule has 0 amide bonds. The minimum atomic E-state index is 0.0672. The lowest BCUT2D eigenvalue weighted by molar-refractivity contribution is 0.856. The van der Waals surface area contributed by atoms with Crippen LogP contribution in [0.25, 0.3) is 22.5 Å². The van der Waals surface area contributed by atoms with Crippen molar-refractivity contribution in [2.45, 2.75) is 20.8 Å². The Balaban J connectivity index is 1.67. The Morgan fingerprint density at radius 1 is 0.758 bits per heavy atom. The SMILES string of the molecule is Cc1ccc(N/N=C(/N=Nc2nc(-c3ccccc3)cc(-c3ccccc3)n2)C(C)C)cc1. The molecule has 0 saturated heterocycles. The van der Waals surface area contributed by atoms with Crippen LogP contribution in [0.5, 0.6) is 0 Å². The van der Waals surface area contributed by atoms with E-state index in [1.54, 1.807) is 0 Å². The smallest absolute Gasteiger partial charge is 0.270 e. The fourth-order valence-corrected chi connectivity index (χ4v) is 3.11. The highest BCUT2D eigenvalue weighted by atomic mass is 15.3. The summed E-state index contributed by atoms with van der Waals surface area (Å²) in [5, 5.41) is 13.2. The van der Waals surface area contributed by atoms with Crippen molar-refractivity contribution in [2.24, 2.45) is 21.2 Å². The fraction of sp³-hybridized carbons (Fsp3) is 0.148. The second-order valence-corrected chi connectivity index (χ2v) is 7.97. The molecule has 4 aromatic rings. The molecule has 0 aliphatic rings. The number of hydrogen-bond donors (Lipinski definition) is 1. The van der Waals surface area contributed by atoms with E-state index >= 15 is 0 Å². The third-order valence-corrected chi connectivity index (χ3v) is 4.96. The molecular weight excluding hydrogens is 408 g/mol. The number of amidine groups is 1. The summed E-state index contributed by atoms with van der Waals surface area (Å²) in [6, 6.07) is 30.0. The van der Waals surface area contributed by atoms with E-state index in [0.29, 0.717) is 11.8 Å². The van der Waals surface area contributed by atoms with Crippen LogP contribution in [0.4, 0.5) is 11.6 Å². The summed E-state index contributed by atoms with van der Waals surface area (Å²) in [5.41, 5.74) is 8.71. The van der Waals surface area contributed by atoms with Crippen LogP contribution in [-0.2, 0) is 0 Å². The zero-order chi connectivity index (χ0) is 23.0. The highest BCUT2D eigenvalue weighted by Gasteiger charge is 2.10. The Morgan fingerprint density at radius 3 is 1.82 bits per heavy atom. The minimum Gasteiger partial charge on any atom is -0.277 e. The normalized spacial score (nSPS) is 11.8. The summed E-state index contributed by atoms with van der Waals surface area (Å²) in [4.78, 5) is 9.28. The van der Waals surface area contributed by atoms with Gasteiger partial charge in [0, 0.05) is 17.0 Å². The van der Waals surface area contributed by atoms with Gasteiger partial charge in [0.05, 0.1) is 17.1 Å². The maximum Gasteiger partial charge on any atom is 0.270 e. The molecule has 0 unspecified atom stereocenters. The topological polar surface area (TPSA) is 74.9 Å². The van der Waals surface area contributed by atoms with Crippen molar-refractivity contribution in [1.82, 2.24) is 9.97 Å². The van der Waals surface area contributed by atoms with Crippen LogP contribution in [0.3, 0.4) is 0 Å². The Hall–Kier alpha value is -4.19. The number of anilines is 1. The molecule has 1 aromatic heterocycles. The van der Waals surface area contributed by atoms with Crippen LogP contribution in [0.15, 0.2) is 106 Å². The Bertz CT molecular complexity index is 1190. The van der Waals surface area contributed by atoms with Crippen molar-refractivity contribution in [1.29, 1.82) is 0 Å². The predicted octanol–water partition coefficient (Wildman–Crippen LogP) is 7.28. The third kappa shape index (κ3) is 5.95. The van der Waals surface area contributed by atoms with E-state index in [1.165, 1.54) is 5.56 Å². The van der Waals surface area contributed by atoms with Gasteiger partial charge in [0.15, 0.2) is 5.84 Å². The first-order valence-electron chi connectivity index (χ1n) is 10.9. The molecule has 4 rings (SSSR count). The maximum absolute atomic E-state index is 4.64. The number of aromatic nitrogens is 2. The van der Waals surface area contributed by atoms with Gasteiger partial charge in [-0.3, -0.25) is 5.43 Å². The third-order valence-electron chi connectivity index (χ3n) is 4.96.